The molecule has 1 aromatic rings. The van der Waals surface area contributed by atoms with E-state index in [4.69, 9.17) is 10.8 Å². The second-order valence-electron chi connectivity index (χ2n) is 3.49. The fourth-order valence-electron chi connectivity index (χ4n) is 1.32. The quantitative estimate of drug-likeness (QED) is 0.709. The third-order valence-corrected chi connectivity index (χ3v) is 3.66. The second kappa shape index (κ2) is 3.25. The minimum absolute atomic E-state index is 0.0202. The van der Waals surface area contributed by atoms with Crippen molar-refractivity contribution in [2.75, 3.05) is 0 Å². The summed E-state index contributed by atoms with van der Waals surface area (Å²) >= 11 is 1.31. The van der Waals surface area contributed by atoms with Crippen molar-refractivity contribution in [2.24, 2.45) is 5.73 Å². The largest absolute Gasteiger partial charge is 0.507 e. The Hall–Kier alpha value is -1.07. The van der Waals surface area contributed by atoms with Crippen molar-refractivity contribution in [3.63, 3.8) is 0 Å². The van der Waals surface area contributed by atoms with Gasteiger partial charge in [-0.3, -0.25) is 4.79 Å². The zero-order valence-electron chi connectivity index (χ0n) is 7.43. The first kappa shape index (κ1) is 9.48. The van der Waals surface area contributed by atoms with Crippen molar-refractivity contribution in [1.29, 1.82) is 0 Å². The van der Waals surface area contributed by atoms with E-state index in [9.17, 15) is 9.90 Å². The molecule has 0 amide bonds. The summed E-state index contributed by atoms with van der Waals surface area (Å²) in [5.41, 5.74) is 5.42. The molecule has 0 bridgehead atoms. The van der Waals surface area contributed by atoms with Crippen LogP contribution in [0.1, 0.15) is 34.6 Å². The highest BCUT2D eigenvalue weighted by Gasteiger charge is 2.29. The Balaban J connectivity index is 2.28. The molecule has 5 heteroatoms. The maximum absolute atomic E-state index is 10.6. The lowest BCUT2D eigenvalue weighted by atomic mass is 10.2. The van der Waals surface area contributed by atoms with Gasteiger partial charge in [0.15, 0.2) is 0 Å². The fourth-order valence-corrected chi connectivity index (χ4v) is 2.54. The lowest BCUT2D eigenvalue weighted by Crippen LogP contribution is -2.19. The molecule has 1 heterocycles. The average Bonchev–Trinajstić information content (AvgIpc) is 2.89. The first-order valence-corrected chi connectivity index (χ1v) is 5.22. The molecule has 0 aliphatic heterocycles. The normalized spacial score (nSPS) is 18.1. The summed E-state index contributed by atoms with van der Waals surface area (Å²) < 4.78 is 0. The molecule has 0 aromatic carbocycles. The molecule has 1 aliphatic carbocycles. The van der Waals surface area contributed by atoms with E-state index >= 15 is 0 Å². The number of carboxylic acids is 1. The number of thiophene rings is 1. The van der Waals surface area contributed by atoms with Crippen LogP contribution in [0.2, 0.25) is 0 Å². The maximum Gasteiger partial charge on any atom is 0.326 e. The summed E-state index contributed by atoms with van der Waals surface area (Å²) in [7, 11) is 0. The van der Waals surface area contributed by atoms with Gasteiger partial charge in [-0.2, -0.15) is 0 Å². The summed E-state index contributed by atoms with van der Waals surface area (Å²) in [4.78, 5) is 12.0. The van der Waals surface area contributed by atoms with E-state index in [1.54, 1.807) is 6.07 Å². The predicted octanol–water partition coefficient (Wildman–Crippen LogP) is 1.42. The summed E-state index contributed by atoms with van der Waals surface area (Å²) in [5, 5.41) is 18.2. The van der Waals surface area contributed by atoms with E-state index < -0.39 is 12.0 Å². The van der Waals surface area contributed by atoms with Gasteiger partial charge in [-0.25, -0.2) is 0 Å². The van der Waals surface area contributed by atoms with Gasteiger partial charge in [-0.1, -0.05) is 0 Å². The van der Waals surface area contributed by atoms with Gasteiger partial charge in [0.25, 0.3) is 0 Å². The molecule has 0 saturated heterocycles. The molecule has 14 heavy (non-hydrogen) atoms. The van der Waals surface area contributed by atoms with Gasteiger partial charge in [0.2, 0.25) is 0 Å². The van der Waals surface area contributed by atoms with Crippen molar-refractivity contribution >= 4 is 17.3 Å². The van der Waals surface area contributed by atoms with Gasteiger partial charge in [-0.05, 0) is 24.8 Å². The van der Waals surface area contributed by atoms with Gasteiger partial charge in [0, 0.05) is 4.88 Å². The molecule has 1 saturated carbocycles. The zero-order chi connectivity index (χ0) is 10.3. The number of hydrogen-bond acceptors (Lipinski definition) is 4. The highest BCUT2D eigenvalue weighted by Crippen LogP contribution is 2.46. The van der Waals surface area contributed by atoms with Gasteiger partial charge >= 0.3 is 5.97 Å². The predicted molar refractivity (Wildman–Crippen MR) is 52.5 cm³/mol. The smallest absolute Gasteiger partial charge is 0.326 e. The number of carboxylic acid groups (broad SMARTS) is 1. The zero-order valence-corrected chi connectivity index (χ0v) is 8.25. The van der Waals surface area contributed by atoms with Crippen LogP contribution in [-0.4, -0.2) is 16.2 Å². The van der Waals surface area contributed by atoms with E-state index in [1.807, 2.05) is 0 Å². The lowest BCUT2D eigenvalue weighted by Gasteiger charge is -2.02. The topological polar surface area (TPSA) is 83.6 Å². The molecule has 1 fully saturated rings. The third kappa shape index (κ3) is 1.60. The Morgan fingerprint density at radius 1 is 1.64 bits per heavy atom. The van der Waals surface area contributed by atoms with Gasteiger partial charge < -0.3 is 15.9 Å². The molecular weight excluding hydrogens is 202 g/mol. The summed E-state index contributed by atoms with van der Waals surface area (Å²) in [6.45, 7) is 0. The van der Waals surface area contributed by atoms with Crippen molar-refractivity contribution in [2.45, 2.75) is 24.8 Å². The van der Waals surface area contributed by atoms with Crippen LogP contribution in [0, 0.1) is 0 Å². The van der Waals surface area contributed by atoms with Crippen LogP contribution in [0.25, 0.3) is 0 Å². The molecule has 4 N–H and O–H groups in total. The number of rotatable bonds is 3. The monoisotopic (exact) mass is 213 g/mol. The molecule has 0 radical (unpaired) electrons. The van der Waals surface area contributed by atoms with Gasteiger partial charge in [0.05, 0.1) is 4.88 Å². The van der Waals surface area contributed by atoms with Gasteiger partial charge in [0.1, 0.15) is 11.8 Å². The number of nitrogens with two attached hydrogens (primary N) is 1. The number of aromatic hydroxyl groups is 1. The van der Waals surface area contributed by atoms with E-state index in [0.717, 1.165) is 17.7 Å². The van der Waals surface area contributed by atoms with Crippen LogP contribution in [0.3, 0.4) is 0 Å². The molecule has 0 spiro atoms. The highest BCUT2D eigenvalue weighted by molar-refractivity contribution is 7.12. The van der Waals surface area contributed by atoms with Crippen LogP contribution in [0.5, 0.6) is 5.75 Å². The molecular formula is C9H11NO3S. The van der Waals surface area contributed by atoms with E-state index in [2.05, 4.69) is 0 Å². The molecule has 1 aliphatic rings. The molecule has 1 unspecified atom stereocenters. The van der Waals surface area contributed by atoms with Crippen LogP contribution < -0.4 is 5.73 Å². The lowest BCUT2D eigenvalue weighted by molar-refractivity contribution is -0.138. The Bertz CT molecular complexity index is 370. The van der Waals surface area contributed by atoms with Crippen LogP contribution in [0.15, 0.2) is 6.07 Å². The molecule has 1 atom stereocenters. The summed E-state index contributed by atoms with van der Waals surface area (Å²) in [6, 6.07) is 0.535. The second-order valence-corrected chi connectivity index (χ2v) is 4.60. The van der Waals surface area contributed by atoms with Crippen molar-refractivity contribution < 1.29 is 15.0 Å². The van der Waals surface area contributed by atoms with Crippen molar-refractivity contribution in [3.8, 4) is 5.75 Å². The van der Waals surface area contributed by atoms with E-state index in [0.29, 0.717) is 10.8 Å². The number of aliphatic carboxylic acids is 1. The summed E-state index contributed by atoms with van der Waals surface area (Å²) in [6.07, 6.45) is 2.25. The standard InChI is InChI=1S/C9H11NO3S/c10-7(9(12)13)8-5(11)3-6(14-8)4-1-2-4/h3-4,7,11H,1-2,10H2,(H,12,13). The van der Waals surface area contributed by atoms with Crippen LogP contribution in [0.4, 0.5) is 0 Å². The first-order valence-electron chi connectivity index (χ1n) is 4.40. The number of hydrogen-bond donors (Lipinski definition) is 3. The molecule has 1 aromatic heterocycles. The SMILES string of the molecule is NC(C(=O)O)c1sc(C2CC2)cc1O. The van der Waals surface area contributed by atoms with E-state index in [-0.39, 0.29) is 5.75 Å². The Morgan fingerprint density at radius 3 is 2.79 bits per heavy atom. The van der Waals surface area contributed by atoms with E-state index in [1.165, 1.54) is 11.3 Å². The minimum atomic E-state index is -1.11. The highest BCUT2D eigenvalue weighted by atomic mass is 32.1. The minimum Gasteiger partial charge on any atom is -0.507 e. The first-order chi connectivity index (χ1) is 6.59. The third-order valence-electron chi connectivity index (χ3n) is 2.29. The van der Waals surface area contributed by atoms with Crippen molar-refractivity contribution in [1.82, 2.24) is 0 Å². The van der Waals surface area contributed by atoms with Crippen molar-refractivity contribution in [3.05, 3.63) is 15.8 Å². The number of carbonyl (C=O) groups is 1. The maximum atomic E-state index is 10.6. The van der Waals surface area contributed by atoms with Gasteiger partial charge in [-0.15, -0.1) is 11.3 Å². The molecule has 2 rings (SSSR count). The Kier molecular flexibility index (Phi) is 2.20. The Morgan fingerprint density at radius 2 is 2.29 bits per heavy atom. The molecule has 4 nitrogen and oxygen atoms in total. The molecule has 76 valence electrons. The summed E-state index contributed by atoms with van der Waals surface area (Å²) in [5.74, 6) is -0.572. The Labute approximate surface area is 85.0 Å². The van der Waals surface area contributed by atoms with Crippen LogP contribution >= 0.6 is 11.3 Å². The van der Waals surface area contributed by atoms with Crippen LogP contribution in [-0.2, 0) is 4.79 Å². The average molecular weight is 213 g/mol. The fraction of sp³-hybridized carbons (Fsp3) is 0.444.